The number of hydrogen-bond donors (Lipinski definition) is 2. The number of imide groups is 2. The van der Waals surface area contributed by atoms with Crippen LogP contribution in [0.25, 0.3) is 6.08 Å². The number of nitrogens with one attached hydrogen (secondary N) is 1. The number of nitrogens with zero attached hydrogens (tertiary/aromatic N) is 1. The Morgan fingerprint density at radius 3 is 2.46 bits per heavy atom. The van der Waals surface area contributed by atoms with Crippen LogP contribution in [0.2, 0.25) is 0 Å². The van der Waals surface area contributed by atoms with Crippen LogP contribution in [-0.4, -0.2) is 29.6 Å². The van der Waals surface area contributed by atoms with E-state index < -0.39 is 17.8 Å². The molecule has 28 heavy (non-hydrogen) atoms. The zero-order valence-electron chi connectivity index (χ0n) is 14.5. The summed E-state index contributed by atoms with van der Waals surface area (Å²) in [6.45, 7) is 2.09. The van der Waals surface area contributed by atoms with E-state index in [4.69, 9.17) is 4.74 Å². The van der Waals surface area contributed by atoms with Gasteiger partial charge in [0.15, 0.2) is 11.5 Å². The Kier molecular flexibility index (Phi) is 5.85. The molecule has 1 aliphatic heterocycles. The monoisotopic (exact) mass is 508 g/mol. The van der Waals surface area contributed by atoms with E-state index >= 15 is 0 Å². The van der Waals surface area contributed by atoms with Crippen molar-refractivity contribution in [1.29, 1.82) is 0 Å². The number of phenolic OH excluding ortho intramolecular Hbond substituents is 1. The topological polar surface area (TPSA) is 95.9 Å². The van der Waals surface area contributed by atoms with Gasteiger partial charge in [0.2, 0.25) is 0 Å². The molecule has 3 rings (SSSR count). The first-order valence-corrected chi connectivity index (χ1v) is 9.72. The van der Waals surface area contributed by atoms with Crippen molar-refractivity contribution in [1.82, 2.24) is 5.32 Å². The molecule has 1 heterocycles. The molecule has 9 heteroatoms. The van der Waals surface area contributed by atoms with Gasteiger partial charge >= 0.3 is 6.03 Å². The summed E-state index contributed by atoms with van der Waals surface area (Å²) in [6.07, 6.45) is 1.34. The number of barbiturate groups is 1. The highest BCUT2D eigenvalue weighted by Crippen LogP contribution is 2.36. The van der Waals surface area contributed by atoms with Crippen LogP contribution in [0.4, 0.5) is 10.5 Å². The highest BCUT2D eigenvalue weighted by molar-refractivity contribution is 9.10. The number of aromatic hydroxyl groups is 1. The third-order valence-electron chi connectivity index (χ3n) is 3.85. The number of amides is 4. The second kappa shape index (κ2) is 8.15. The molecular formula is C19H14Br2N2O5. The maximum absolute atomic E-state index is 12.9. The Bertz CT molecular complexity index is 1000. The van der Waals surface area contributed by atoms with Crippen LogP contribution in [0.5, 0.6) is 11.5 Å². The van der Waals surface area contributed by atoms with Crippen LogP contribution in [0.1, 0.15) is 12.5 Å². The summed E-state index contributed by atoms with van der Waals surface area (Å²) in [5.41, 5.74) is 0.547. The van der Waals surface area contributed by atoms with Gasteiger partial charge in [0.05, 0.1) is 16.8 Å². The van der Waals surface area contributed by atoms with Gasteiger partial charge < -0.3 is 9.84 Å². The minimum Gasteiger partial charge on any atom is -0.503 e. The number of urea groups is 1. The predicted octanol–water partition coefficient (Wildman–Crippen LogP) is 3.98. The van der Waals surface area contributed by atoms with Crippen molar-refractivity contribution in [3.05, 3.63) is 56.5 Å². The van der Waals surface area contributed by atoms with Gasteiger partial charge in [0, 0.05) is 4.47 Å². The average Bonchev–Trinajstić information content (AvgIpc) is 2.64. The summed E-state index contributed by atoms with van der Waals surface area (Å²) in [5.74, 6) is -1.44. The fourth-order valence-electron chi connectivity index (χ4n) is 2.59. The summed E-state index contributed by atoms with van der Waals surface area (Å²) in [7, 11) is 0. The van der Waals surface area contributed by atoms with Crippen LogP contribution in [0.3, 0.4) is 0 Å². The predicted molar refractivity (Wildman–Crippen MR) is 110 cm³/mol. The highest BCUT2D eigenvalue weighted by atomic mass is 79.9. The van der Waals surface area contributed by atoms with Crippen molar-refractivity contribution >= 4 is 61.5 Å². The molecule has 144 valence electrons. The number of halogens is 2. The maximum Gasteiger partial charge on any atom is 0.335 e. The van der Waals surface area contributed by atoms with E-state index in [1.165, 1.54) is 18.2 Å². The third kappa shape index (κ3) is 3.95. The first-order valence-electron chi connectivity index (χ1n) is 8.14. The number of phenols is 1. The number of benzene rings is 2. The molecule has 0 radical (unpaired) electrons. The number of anilines is 1. The SMILES string of the molecule is CCOc1cc(C=C2C(=O)NC(=O)N(c3ccc(Br)cc3)C2=O)cc(Br)c1O. The van der Waals surface area contributed by atoms with Crippen molar-refractivity contribution in [2.45, 2.75) is 6.92 Å². The first kappa shape index (κ1) is 20.1. The van der Waals surface area contributed by atoms with E-state index in [1.54, 1.807) is 31.2 Å². The molecule has 0 unspecified atom stereocenters. The smallest absolute Gasteiger partial charge is 0.335 e. The van der Waals surface area contributed by atoms with Gasteiger partial charge in [-0.3, -0.25) is 14.9 Å². The maximum atomic E-state index is 12.9. The van der Waals surface area contributed by atoms with Gasteiger partial charge in [0.25, 0.3) is 11.8 Å². The van der Waals surface area contributed by atoms with E-state index in [2.05, 4.69) is 37.2 Å². The lowest BCUT2D eigenvalue weighted by Crippen LogP contribution is -2.54. The molecule has 2 aromatic carbocycles. The summed E-state index contributed by atoms with van der Waals surface area (Å²) < 4.78 is 6.48. The van der Waals surface area contributed by atoms with Gasteiger partial charge in [0.1, 0.15) is 5.57 Å². The van der Waals surface area contributed by atoms with Crippen LogP contribution in [0, 0.1) is 0 Å². The number of carbonyl (C=O) groups excluding carboxylic acids is 3. The van der Waals surface area contributed by atoms with Gasteiger partial charge in [-0.2, -0.15) is 0 Å². The number of carbonyl (C=O) groups is 3. The van der Waals surface area contributed by atoms with E-state index in [9.17, 15) is 19.5 Å². The second-order valence-electron chi connectivity index (χ2n) is 5.72. The van der Waals surface area contributed by atoms with E-state index in [1.807, 2.05) is 0 Å². The molecule has 1 saturated heterocycles. The van der Waals surface area contributed by atoms with Crippen LogP contribution >= 0.6 is 31.9 Å². The first-order chi connectivity index (χ1) is 13.3. The molecule has 0 aliphatic carbocycles. The number of ether oxygens (including phenoxy) is 1. The Hall–Kier alpha value is -2.65. The molecule has 1 fully saturated rings. The lowest BCUT2D eigenvalue weighted by Gasteiger charge is -2.26. The number of rotatable bonds is 4. The molecule has 2 aromatic rings. The molecular weight excluding hydrogens is 496 g/mol. The van der Waals surface area contributed by atoms with Crippen molar-refractivity contribution in [2.24, 2.45) is 0 Å². The number of hydrogen-bond acceptors (Lipinski definition) is 5. The zero-order chi connectivity index (χ0) is 20.4. The van der Waals surface area contributed by atoms with Gasteiger partial charge in [-0.05, 0) is 70.9 Å². The minimum atomic E-state index is -0.823. The molecule has 0 saturated carbocycles. The third-order valence-corrected chi connectivity index (χ3v) is 4.98. The molecule has 0 bridgehead atoms. The van der Waals surface area contributed by atoms with Crippen LogP contribution < -0.4 is 15.0 Å². The molecule has 4 amide bonds. The minimum absolute atomic E-state index is 0.0879. The highest BCUT2D eigenvalue weighted by Gasteiger charge is 2.36. The molecule has 2 N–H and O–H groups in total. The standard InChI is InChI=1S/C19H14Br2N2O5/c1-2-28-15-9-10(8-14(21)16(15)24)7-13-17(25)22-19(27)23(18(13)26)12-5-3-11(20)4-6-12/h3-9,24H,2H2,1H3,(H,22,25,27). The normalized spacial score (nSPS) is 15.8. The molecule has 0 atom stereocenters. The van der Waals surface area contributed by atoms with Gasteiger partial charge in [-0.25, -0.2) is 9.69 Å². The van der Waals surface area contributed by atoms with E-state index in [-0.39, 0.29) is 17.1 Å². The van der Waals surface area contributed by atoms with Crippen molar-refractivity contribution < 1.29 is 24.2 Å². The van der Waals surface area contributed by atoms with Gasteiger partial charge in [-0.1, -0.05) is 15.9 Å². The Labute approximate surface area is 177 Å². The van der Waals surface area contributed by atoms with Crippen LogP contribution in [-0.2, 0) is 9.59 Å². The molecule has 0 aromatic heterocycles. The van der Waals surface area contributed by atoms with Gasteiger partial charge in [-0.15, -0.1) is 0 Å². The van der Waals surface area contributed by atoms with E-state index in [0.717, 1.165) is 9.37 Å². The Morgan fingerprint density at radius 2 is 1.82 bits per heavy atom. The molecule has 7 nitrogen and oxygen atoms in total. The van der Waals surface area contributed by atoms with E-state index in [0.29, 0.717) is 22.3 Å². The van der Waals surface area contributed by atoms with Crippen molar-refractivity contribution in [3.8, 4) is 11.5 Å². The molecule has 0 spiro atoms. The van der Waals surface area contributed by atoms with Crippen molar-refractivity contribution in [3.63, 3.8) is 0 Å². The summed E-state index contributed by atoms with van der Waals surface area (Å²) >= 11 is 6.50. The lowest BCUT2D eigenvalue weighted by atomic mass is 10.1. The quantitative estimate of drug-likeness (QED) is 0.480. The summed E-state index contributed by atoms with van der Waals surface area (Å²) in [6, 6.07) is 8.74. The summed E-state index contributed by atoms with van der Waals surface area (Å²) in [4.78, 5) is 38.2. The summed E-state index contributed by atoms with van der Waals surface area (Å²) in [5, 5.41) is 12.2. The lowest BCUT2D eigenvalue weighted by molar-refractivity contribution is -0.122. The fourth-order valence-corrected chi connectivity index (χ4v) is 3.32. The Morgan fingerprint density at radius 1 is 1.14 bits per heavy atom. The zero-order valence-corrected chi connectivity index (χ0v) is 17.7. The van der Waals surface area contributed by atoms with Crippen LogP contribution in [0.15, 0.2) is 50.9 Å². The molecule has 1 aliphatic rings. The fraction of sp³-hybridized carbons (Fsp3) is 0.105. The largest absolute Gasteiger partial charge is 0.503 e. The Balaban J connectivity index is 2.03. The van der Waals surface area contributed by atoms with Crippen molar-refractivity contribution in [2.75, 3.05) is 11.5 Å². The average molecular weight is 510 g/mol. The second-order valence-corrected chi connectivity index (χ2v) is 7.49.